The highest BCUT2D eigenvalue weighted by atomic mass is 32.2. The molecule has 6 nitrogen and oxygen atoms in total. The second kappa shape index (κ2) is 10.0. The first-order valence-corrected chi connectivity index (χ1v) is 14.0. The van der Waals surface area contributed by atoms with Crippen LogP contribution in [-0.2, 0) is 26.8 Å². The summed E-state index contributed by atoms with van der Waals surface area (Å²) in [7, 11) is -3.51. The van der Waals surface area contributed by atoms with Crippen LogP contribution in [0.3, 0.4) is 0 Å². The number of benzene rings is 3. The van der Waals surface area contributed by atoms with Gasteiger partial charge in [-0.2, -0.15) is 0 Å². The lowest BCUT2D eigenvalue weighted by Crippen LogP contribution is -2.40. The van der Waals surface area contributed by atoms with Gasteiger partial charge in [-0.05, 0) is 54.3 Å². The van der Waals surface area contributed by atoms with Gasteiger partial charge in [-0.15, -0.1) is 11.3 Å². The molecule has 2 heterocycles. The molecule has 3 aromatic carbocycles. The summed E-state index contributed by atoms with van der Waals surface area (Å²) in [4.78, 5) is 20.1. The van der Waals surface area contributed by atoms with Crippen LogP contribution in [0.1, 0.15) is 28.6 Å². The molecule has 0 bridgehead atoms. The fourth-order valence-electron chi connectivity index (χ4n) is 4.47. The van der Waals surface area contributed by atoms with E-state index in [4.69, 9.17) is 0 Å². The van der Waals surface area contributed by atoms with Crippen LogP contribution in [0.5, 0.6) is 0 Å². The van der Waals surface area contributed by atoms with Crippen molar-refractivity contribution in [3.05, 3.63) is 107 Å². The Morgan fingerprint density at radius 2 is 1.74 bits per heavy atom. The predicted molar refractivity (Wildman–Crippen MR) is 139 cm³/mol. The van der Waals surface area contributed by atoms with Gasteiger partial charge >= 0.3 is 0 Å². The van der Waals surface area contributed by atoms with E-state index in [0.29, 0.717) is 10.7 Å². The number of sulfone groups is 1. The Balaban J connectivity index is 1.39. The maximum absolute atomic E-state index is 13.6. The smallest absolute Gasteiger partial charge is 0.251 e. The van der Waals surface area contributed by atoms with E-state index in [9.17, 15) is 13.2 Å². The largest absolute Gasteiger partial charge is 0.356 e. The average molecular weight is 504 g/mol. The Labute approximate surface area is 209 Å². The van der Waals surface area contributed by atoms with Crippen molar-refractivity contribution in [3.63, 3.8) is 0 Å². The number of aromatic nitrogens is 1. The van der Waals surface area contributed by atoms with Crippen molar-refractivity contribution >= 4 is 38.5 Å². The van der Waals surface area contributed by atoms with Gasteiger partial charge in [0.05, 0.1) is 4.90 Å². The number of anilines is 2. The SMILES string of the molecule is O=C(Nc1ccc(S(=O)(=O)Cc2nccs2)cc1)C(c1ccccc1)N1CCCc2ccccc21. The summed E-state index contributed by atoms with van der Waals surface area (Å²) < 4.78 is 25.4. The maximum Gasteiger partial charge on any atom is 0.251 e. The van der Waals surface area contributed by atoms with Crippen LogP contribution < -0.4 is 10.2 Å². The molecule has 1 N–H and O–H groups in total. The molecule has 0 spiro atoms. The number of aryl methyl sites for hydroxylation is 1. The minimum atomic E-state index is -3.51. The molecule has 0 fully saturated rings. The number of fused-ring (bicyclic) bond motifs is 1. The Kier molecular flexibility index (Phi) is 6.66. The summed E-state index contributed by atoms with van der Waals surface area (Å²) in [5.41, 5.74) is 3.77. The molecule has 1 amide bonds. The summed E-state index contributed by atoms with van der Waals surface area (Å²) in [6, 6.07) is 23.8. The Bertz CT molecular complexity index is 1400. The summed E-state index contributed by atoms with van der Waals surface area (Å²) in [5, 5.41) is 5.32. The summed E-state index contributed by atoms with van der Waals surface area (Å²) in [5.74, 6) is -0.299. The van der Waals surface area contributed by atoms with Gasteiger partial charge in [-0.25, -0.2) is 13.4 Å². The Morgan fingerprint density at radius 3 is 2.49 bits per heavy atom. The van der Waals surface area contributed by atoms with Crippen molar-refractivity contribution in [2.45, 2.75) is 29.5 Å². The minimum absolute atomic E-state index is 0.138. The van der Waals surface area contributed by atoms with Gasteiger partial charge in [0.1, 0.15) is 16.8 Å². The van der Waals surface area contributed by atoms with Gasteiger partial charge < -0.3 is 10.2 Å². The van der Waals surface area contributed by atoms with E-state index >= 15 is 0 Å². The zero-order valence-corrected chi connectivity index (χ0v) is 20.6. The molecule has 1 aliphatic heterocycles. The molecule has 1 atom stereocenters. The molecule has 178 valence electrons. The third-order valence-electron chi connectivity index (χ3n) is 6.10. The minimum Gasteiger partial charge on any atom is -0.356 e. The molecule has 1 aliphatic rings. The van der Waals surface area contributed by atoms with Gasteiger partial charge in [-0.3, -0.25) is 4.79 Å². The molecule has 1 aromatic heterocycles. The van der Waals surface area contributed by atoms with Crippen LogP contribution in [0.4, 0.5) is 11.4 Å². The van der Waals surface area contributed by atoms with Crippen LogP contribution in [-0.4, -0.2) is 25.9 Å². The zero-order valence-electron chi connectivity index (χ0n) is 19.0. The van der Waals surface area contributed by atoms with E-state index in [1.807, 2.05) is 42.5 Å². The van der Waals surface area contributed by atoms with Gasteiger partial charge in [-0.1, -0.05) is 48.5 Å². The lowest BCUT2D eigenvalue weighted by Gasteiger charge is -2.37. The molecule has 0 aliphatic carbocycles. The van der Waals surface area contributed by atoms with Crippen LogP contribution in [0.15, 0.2) is 95.3 Å². The van der Waals surface area contributed by atoms with E-state index in [0.717, 1.165) is 30.6 Å². The Morgan fingerprint density at radius 1 is 1.00 bits per heavy atom. The van der Waals surface area contributed by atoms with Gasteiger partial charge in [0.25, 0.3) is 5.91 Å². The molecule has 35 heavy (non-hydrogen) atoms. The number of para-hydroxylation sites is 1. The van der Waals surface area contributed by atoms with Crippen LogP contribution in [0.2, 0.25) is 0 Å². The van der Waals surface area contributed by atoms with Crippen LogP contribution in [0.25, 0.3) is 0 Å². The van der Waals surface area contributed by atoms with Crippen molar-refractivity contribution < 1.29 is 13.2 Å². The predicted octanol–water partition coefficient (Wildman–Crippen LogP) is 5.25. The van der Waals surface area contributed by atoms with E-state index in [1.165, 1.54) is 29.0 Å². The second-order valence-corrected chi connectivity index (χ2v) is 11.4. The molecule has 1 unspecified atom stereocenters. The van der Waals surface area contributed by atoms with E-state index in [-0.39, 0.29) is 16.6 Å². The second-order valence-electron chi connectivity index (χ2n) is 8.44. The van der Waals surface area contributed by atoms with Crippen molar-refractivity contribution in [2.24, 2.45) is 0 Å². The third kappa shape index (κ3) is 5.13. The molecule has 0 saturated carbocycles. The van der Waals surface area contributed by atoms with E-state index < -0.39 is 15.9 Å². The Hall–Kier alpha value is -3.49. The fraction of sp³-hybridized carbons (Fsp3) is 0.185. The first kappa shape index (κ1) is 23.3. The lowest BCUT2D eigenvalue weighted by molar-refractivity contribution is -0.117. The highest BCUT2D eigenvalue weighted by Gasteiger charge is 2.31. The van der Waals surface area contributed by atoms with Crippen molar-refractivity contribution in [1.29, 1.82) is 0 Å². The molecule has 4 aromatic rings. The van der Waals surface area contributed by atoms with Crippen molar-refractivity contribution in [2.75, 3.05) is 16.8 Å². The molecular formula is C27H25N3O3S2. The number of carbonyl (C=O) groups excluding carboxylic acids is 1. The fourth-order valence-corrected chi connectivity index (χ4v) is 6.72. The van der Waals surface area contributed by atoms with Gasteiger partial charge in [0.2, 0.25) is 0 Å². The number of rotatable bonds is 7. The number of nitrogens with one attached hydrogen (secondary N) is 1. The highest BCUT2D eigenvalue weighted by molar-refractivity contribution is 7.90. The van der Waals surface area contributed by atoms with Gasteiger partial charge in [0, 0.05) is 29.5 Å². The first-order chi connectivity index (χ1) is 17.0. The molecule has 8 heteroatoms. The topological polar surface area (TPSA) is 79.4 Å². The number of hydrogen-bond acceptors (Lipinski definition) is 6. The molecule has 0 saturated heterocycles. The number of hydrogen-bond donors (Lipinski definition) is 1. The summed E-state index contributed by atoms with van der Waals surface area (Å²) in [6.07, 6.45) is 3.56. The normalized spacial score (nSPS) is 14.2. The van der Waals surface area contributed by atoms with Crippen LogP contribution >= 0.6 is 11.3 Å². The number of amides is 1. The molecule has 5 rings (SSSR count). The standard InChI is InChI=1S/C27H25N3O3S2/c31-27(29-22-12-14-23(15-13-22)35(32,33)19-25-28-16-18-34-25)26(21-8-2-1-3-9-21)30-17-6-10-20-7-4-5-11-24(20)30/h1-5,7-9,11-16,18,26H,6,10,17,19H2,(H,29,31). The van der Waals surface area contributed by atoms with E-state index in [2.05, 4.69) is 27.3 Å². The lowest BCUT2D eigenvalue weighted by atomic mass is 9.96. The third-order valence-corrected chi connectivity index (χ3v) is 8.71. The first-order valence-electron chi connectivity index (χ1n) is 11.4. The highest BCUT2D eigenvalue weighted by Crippen LogP contribution is 2.35. The summed E-state index contributed by atoms with van der Waals surface area (Å²) in [6.45, 7) is 0.776. The monoisotopic (exact) mass is 503 g/mol. The van der Waals surface area contributed by atoms with Gasteiger partial charge in [0.15, 0.2) is 9.84 Å². The van der Waals surface area contributed by atoms with Crippen LogP contribution in [0, 0.1) is 0 Å². The summed E-state index contributed by atoms with van der Waals surface area (Å²) >= 11 is 1.31. The average Bonchev–Trinajstić information content (AvgIpc) is 3.38. The van der Waals surface area contributed by atoms with E-state index in [1.54, 1.807) is 23.7 Å². The van der Waals surface area contributed by atoms with Crippen molar-refractivity contribution in [1.82, 2.24) is 4.98 Å². The molecular weight excluding hydrogens is 478 g/mol. The maximum atomic E-state index is 13.6. The zero-order chi connectivity index (χ0) is 24.3. The van der Waals surface area contributed by atoms with Crippen molar-refractivity contribution in [3.8, 4) is 0 Å². The molecule has 0 radical (unpaired) electrons. The quantitative estimate of drug-likeness (QED) is 0.373. The number of thiazole rings is 1. The number of carbonyl (C=O) groups is 1. The number of nitrogens with zero attached hydrogens (tertiary/aromatic N) is 2.